The van der Waals surface area contributed by atoms with Crippen molar-refractivity contribution in [2.45, 2.75) is 18.9 Å². The van der Waals surface area contributed by atoms with Crippen molar-refractivity contribution >= 4 is 10.0 Å². The number of alkyl halides is 6. The zero-order chi connectivity index (χ0) is 18.1. The summed E-state index contributed by atoms with van der Waals surface area (Å²) in [4.78, 5) is 0. The lowest BCUT2D eigenvalue weighted by molar-refractivity contribution is -0.143. The Bertz CT molecular complexity index is 719. The minimum atomic E-state index is -5.09. The number of hydrogen-bond acceptors (Lipinski definition) is 3. The SMILES string of the molecule is CN(Cc1ccc(C(F)(F)F)cc1C(F)(F)F)S(=O)(=O)CC#N. The van der Waals surface area contributed by atoms with Gasteiger partial charge in [0.15, 0.2) is 5.75 Å². The van der Waals surface area contributed by atoms with E-state index in [1.54, 1.807) is 0 Å². The first-order valence-corrected chi connectivity index (χ1v) is 7.48. The van der Waals surface area contributed by atoms with Crippen LogP contribution < -0.4 is 0 Å². The maximum atomic E-state index is 12.9. The second-order valence-corrected chi connectivity index (χ2v) is 6.61. The molecule has 0 aliphatic rings. The van der Waals surface area contributed by atoms with E-state index in [4.69, 9.17) is 5.26 Å². The average molecular weight is 360 g/mol. The summed E-state index contributed by atoms with van der Waals surface area (Å²) in [6.07, 6.45) is -10.0. The van der Waals surface area contributed by atoms with Gasteiger partial charge in [-0.3, -0.25) is 0 Å². The predicted molar refractivity (Wildman–Crippen MR) is 67.3 cm³/mol. The maximum Gasteiger partial charge on any atom is 0.416 e. The molecule has 1 rings (SSSR count). The minimum Gasteiger partial charge on any atom is -0.211 e. The van der Waals surface area contributed by atoms with Gasteiger partial charge in [0, 0.05) is 13.6 Å². The molecule has 0 atom stereocenters. The molecule has 4 nitrogen and oxygen atoms in total. The first-order valence-electron chi connectivity index (χ1n) is 5.87. The van der Waals surface area contributed by atoms with Crippen LogP contribution in [0.5, 0.6) is 0 Å². The number of halogens is 6. The molecule has 0 spiro atoms. The molecule has 0 aliphatic carbocycles. The fraction of sp³-hybridized carbons (Fsp3) is 0.417. The van der Waals surface area contributed by atoms with Crippen LogP contribution in [0.15, 0.2) is 18.2 Å². The smallest absolute Gasteiger partial charge is 0.211 e. The van der Waals surface area contributed by atoms with Crippen molar-refractivity contribution in [3.8, 4) is 6.07 Å². The van der Waals surface area contributed by atoms with E-state index < -0.39 is 51.4 Å². The van der Waals surface area contributed by atoms with E-state index in [-0.39, 0.29) is 6.07 Å². The lowest BCUT2D eigenvalue weighted by atomic mass is 10.0. The molecule has 0 unspecified atom stereocenters. The Kier molecular flexibility index (Phi) is 5.33. The van der Waals surface area contributed by atoms with Crippen LogP contribution in [0.3, 0.4) is 0 Å². The first kappa shape index (κ1) is 19.2. The van der Waals surface area contributed by atoms with Gasteiger partial charge in [-0.1, -0.05) is 6.07 Å². The lowest BCUT2D eigenvalue weighted by Gasteiger charge is -2.20. The molecule has 1 aromatic rings. The van der Waals surface area contributed by atoms with Crippen LogP contribution in [0, 0.1) is 11.3 Å². The predicted octanol–water partition coefficient (Wildman–Crippen LogP) is 3.01. The summed E-state index contributed by atoms with van der Waals surface area (Å²) >= 11 is 0. The largest absolute Gasteiger partial charge is 0.416 e. The quantitative estimate of drug-likeness (QED) is 0.776. The van der Waals surface area contributed by atoms with Gasteiger partial charge in [-0.2, -0.15) is 35.9 Å². The number of nitriles is 1. The van der Waals surface area contributed by atoms with Gasteiger partial charge in [0.1, 0.15) is 0 Å². The van der Waals surface area contributed by atoms with Crippen LogP contribution in [-0.4, -0.2) is 25.5 Å². The molecule has 0 N–H and O–H groups in total. The Hall–Kier alpha value is -1.80. The van der Waals surface area contributed by atoms with Crippen LogP contribution in [0.1, 0.15) is 16.7 Å². The molecule has 0 fully saturated rings. The minimum absolute atomic E-state index is 0.0694. The molecule has 1 aromatic carbocycles. The molecule has 128 valence electrons. The summed E-state index contributed by atoms with van der Waals surface area (Å²) in [5, 5.41) is 8.37. The van der Waals surface area contributed by atoms with Gasteiger partial charge in [0.25, 0.3) is 0 Å². The molecular weight excluding hydrogens is 350 g/mol. The fourth-order valence-electron chi connectivity index (χ4n) is 1.68. The molecule has 0 amide bonds. The van der Waals surface area contributed by atoms with Crippen molar-refractivity contribution in [2.75, 3.05) is 12.8 Å². The highest BCUT2D eigenvalue weighted by Crippen LogP contribution is 2.37. The van der Waals surface area contributed by atoms with Crippen molar-refractivity contribution in [3.05, 3.63) is 34.9 Å². The Morgan fingerprint density at radius 3 is 2.13 bits per heavy atom. The highest BCUT2D eigenvalue weighted by atomic mass is 32.2. The number of hydrogen-bond donors (Lipinski definition) is 0. The van der Waals surface area contributed by atoms with E-state index in [0.717, 1.165) is 7.05 Å². The van der Waals surface area contributed by atoms with Gasteiger partial charge in [-0.15, -0.1) is 0 Å². The Balaban J connectivity index is 3.30. The van der Waals surface area contributed by atoms with Crippen LogP contribution >= 0.6 is 0 Å². The van der Waals surface area contributed by atoms with Crippen molar-refractivity contribution in [3.63, 3.8) is 0 Å². The Morgan fingerprint density at radius 1 is 1.13 bits per heavy atom. The zero-order valence-corrected chi connectivity index (χ0v) is 12.3. The van der Waals surface area contributed by atoms with E-state index in [2.05, 4.69) is 0 Å². The van der Waals surface area contributed by atoms with Crippen molar-refractivity contribution in [1.29, 1.82) is 5.26 Å². The fourth-order valence-corrected chi connectivity index (χ4v) is 2.40. The number of nitrogens with zero attached hydrogens (tertiary/aromatic N) is 2. The second-order valence-electron chi connectivity index (χ2n) is 4.54. The van der Waals surface area contributed by atoms with E-state index in [1.807, 2.05) is 0 Å². The molecule has 0 heterocycles. The molecule has 0 saturated heterocycles. The van der Waals surface area contributed by atoms with Gasteiger partial charge in [0.2, 0.25) is 10.0 Å². The molecule has 23 heavy (non-hydrogen) atoms. The van der Waals surface area contributed by atoms with E-state index in [9.17, 15) is 34.8 Å². The Labute approximate surface area is 128 Å². The highest BCUT2D eigenvalue weighted by Gasteiger charge is 2.38. The van der Waals surface area contributed by atoms with E-state index in [0.29, 0.717) is 16.4 Å². The number of benzene rings is 1. The second kappa shape index (κ2) is 6.37. The summed E-state index contributed by atoms with van der Waals surface area (Å²) in [5.41, 5.74) is -3.71. The van der Waals surface area contributed by atoms with Crippen LogP contribution in [-0.2, 0) is 28.9 Å². The summed E-state index contributed by atoms with van der Waals surface area (Å²) in [5.74, 6) is -0.953. The van der Waals surface area contributed by atoms with Gasteiger partial charge < -0.3 is 0 Å². The lowest BCUT2D eigenvalue weighted by Crippen LogP contribution is -2.29. The van der Waals surface area contributed by atoms with Gasteiger partial charge in [-0.25, -0.2) is 8.42 Å². The molecule has 0 radical (unpaired) electrons. The maximum absolute atomic E-state index is 12.9. The molecular formula is C12H10F6N2O2S. The average Bonchev–Trinajstić information content (AvgIpc) is 2.36. The molecule has 11 heteroatoms. The molecule has 0 bridgehead atoms. The standard InChI is InChI=1S/C12H10F6N2O2S/c1-20(23(21,22)5-4-19)7-8-2-3-9(11(13,14)15)6-10(8)12(16,17)18/h2-3,6H,5,7H2,1H3. The third-order valence-corrected chi connectivity index (χ3v) is 4.43. The van der Waals surface area contributed by atoms with Crippen molar-refractivity contribution < 1.29 is 34.8 Å². The van der Waals surface area contributed by atoms with Crippen LogP contribution in [0.25, 0.3) is 0 Å². The summed E-state index contributed by atoms with van der Waals surface area (Å²) in [6.45, 7) is -0.809. The summed E-state index contributed by atoms with van der Waals surface area (Å²) in [6, 6.07) is 2.29. The van der Waals surface area contributed by atoms with E-state index >= 15 is 0 Å². The molecule has 0 saturated carbocycles. The summed E-state index contributed by atoms with van der Waals surface area (Å²) < 4.78 is 100.0. The Morgan fingerprint density at radius 2 is 1.70 bits per heavy atom. The van der Waals surface area contributed by atoms with Gasteiger partial charge >= 0.3 is 12.4 Å². The monoisotopic (exact) mass is 360 g/mol. The van der Waals surface area contributed by atoms with Crippen LogP contribution in [0.4, 0.5) is 26.3 Å². The third-order valence-electron chi connectivity index (χ3n) is 2.86. The van der Waals surface area contributed by atoms with Crippen molar-refractivity contribution in [1.82, 2.24) is 4.31 Å². The number of rotatable bonds is 4. The zero-order valence-electron chi connectivity index (χ0n) is 11.5. The summed E-state index contributed by atoms with van der Waals surface area (Å²) in [7, 11) is -3.19. The van der Waals surface area contributed by atoms with Gasteiger partial charge in [-0.05, 0) is 17.7 Å². The van der Waals surface area contributed by atoms with Crippen LogP contribution in [0.2, 0.25) is 0 Å². The first-order chi connectivity index (χ1) is 10.3. The molecule has 0 aromatic heterocycles. The third kappa shape index (κ3) is 4.84. The van der Waals surface area contributed by atoms with Gasteiger partial charge in [0.05, 0.1) is 17.2 Å². The molecule has 0 aliphatic heterocycles. The number of sulfonamides is 1. The van der Waals surface area contributed by atoms with E-state index in [1.165, 1.54) is 6.07 Å². The van der Waals surface area contributed by atoms with Crippen molar-refractivity contribution in [2.24, 2.45) is 0 Å². The topological polar surface area (TPSA) is 61.2 Å². The normalized spacial score (nSPS) is 13.2. The highest BCUT2D eigenvalue weighted by molar-refractivity contribution is 7.89.